The average Bonchev–Trinajstić information content (AvgIpc) is 3.94. The van der Waals surface area contributed by atoms with Crippen LogP contribution in [0.4, 0.5) is 17.1 Å². The van der Waals surface area contributed by atoms with Gasteiger partial charge in [-0.15, -0.1) is 11.3 Å². The number of para-hydroxylation sites is 3. The summed E-state index contributed by atoms with van der Waals surface area (Å²) in [6.07, 6.45) is 0. The second-order valence-corrected chi connectivity index (χ2v) is 17.0. The highest BCUT2D eigenvalue weighted by Gasteiger charge is 2.22. The summed E-state index contributed by atoms with van der Waals surface area (Å²) in [4.78, 5) is 2.42. The van der Waals surface area contributed by atoms with Crippen LogP contribution in [-0.4, -0.2) is 0 Å². The fourth-order valence-electron chi connectivity index (χ4n) is 9.42. The molecule has 0 saturated carbocycles. The van der Waals surface area contributed by atoms with Gasteiger partial charge in [0.15, 0.2) is 0 Å². The molecule has 0 atom stereocenters. The second kappa shape index (κ2) is 15.5. The predicted molar refractivity (Wildman–Crippen MR) is 268 cm³/mol. The van der Waals surface area contributed by atoms with Crippen LogP contribution in [0.15, 0.2) is 241 Å². The lowest BCUT2D eigenvalue weighted by Crippen LogP contribution is -2.11. The minimum atomic E-state index is 0.894. The molecule has 0 aliphatic carbocycles. The minimum Gasteiger partial charge on any atom is -0.455 e. The summed E-state index contributed by atoms with van der Waals surface area (Å²) in [5.41, 5.74) is 16.7. The second-order valence-electron chi connectivity index (χ2n) is 16.0. The van der Waals surface area contributed by atoms with Crippen LogP contribution in [-0.2, 0) is 0 Å². The molecule has 2 nitrogen and oxygen atoms in total. The zero-order chi connectivity index (χ0) is 41.7. The van der Waals surface area contributed by atoms with Crippen LogP contribution in [0.5, 0.6) is 0 Å². The first-order valence-corrected chi connectivity index (χ1v) is 22.2. The number of hydrogen-bond donors (Lipinski definition) is 0. The summed E-state index contributed by atoms with van der Waals surface area (Å²) in [6.45, 7) is 0. The summed E-state index contributed by atoms with van der Waals surface area (Å²) in [6, 6.07) is 85.3. The van der Waals surface area contributed by atoms with Crippen LogP contribution in [0.25, 0.3) is 97.7 Å². The maximum absolute atomic E-state index is 6.57. The Morgan fingerprint density at radius 1 is 0.317 bits per heavy atom. The van der Waals surface area contributed by atoms with Gasteiger partial charge in [-0.25, -0.2) is 0 Å². The van der Waals surface area contributed by atoms with Crippen LogP contribution in [0.1, 0.15) is 0 Å². The average molecular weight is 822 g/mol. The van der Waals surface area contributed by atoms with Gasteiger partial charge < -0.3 is 9.32 Å². The third kappa shape index (κ3) is 6.41. The van der Waals surface area contributed by atoms with E-state index in [1.54, 1.807) is 0 Å². The third-order valence-electron chi connectivity index (χ3n) is 12.3. The summed E-state index contributed by atoms with van der Waals surface area (Å²) < 4.78 is 9.20. The molecule has 0 saturated heterocycles. The van der Waals surface area contributed by atoms with E-state index in [2.05, 4.69) is 235 Å². The first kappa shape index (κ1) is 36.8. The standard InChI is InChI=1S/C60H39NOS/c1-2-17-40(18-3-1)45-21-4-5-22-48(45)49-23-6-7-24-50(49)51-25-8-11-32-56(51)61(43-37-35-41(36-38-43)47-29-16-31-55-53-27-10-13-34-58(53)63-60(47)55)44-20-14-19-42(39-44)46-28-15-30-54-52-26-9-12-33-57(52)62-59(46)54/h1-39H. The van der Waals surface area contributed by atoms with Gasteiger partial charge in [-0.3, -0.25) is 0 Å². The molecule has 12 aromatic rings. The molecule has 0 fully saturated rings. The molecule has 3 heteroatoms. The molecule has 63 heavy (non-hydrogen) atoms. The zero-order valence-corrected chi connectivity index (χ0v) is 35.1. The molecule has 10 aromatic carbocycles. The Hall–Kier alpha value is -7.98. The van der Waals surface area contributed by atoms with E-state index >= 15 is 0 Å². The molecule has 0 spiro atoms. The highest BCUT2D eigenvalue weighted by atomic mass is 32.1. The molecule has 0 unspecified atom stereocenters. The van der Waals surface area contributed by atoms with Gasteiger partial charge in [0, 0.05) is 53.4 Å². The molecule has 0 N–H and O–H groups in total. The molecule has 12 rings (SSSR count). The molecular formula is C60H39NOS. The van der Waals surface area contributed by atoms with Gasteiger partial charge in [0.25, 0.3) is 0 Å². The minimum absolute atomic E-state index is 0.894. The van der Waals surface area contributed by atoms with Crippen LogP contribution in [0, 0.1) is 0 Å². The summed E-state index contributed by atoms with van der Waals surface area (Å²) in [5.74, 6) is 0. The van der Waals surface area contributed by atoms with E-state index in [1.807, 2.05) is 17.4 Å². The molecule has 296 valence electrons. The molecule has 2 aromatic heterocycles. The molecule has 0 aliphatic heterocycles. The van der Waals surface area contributed by atoms with Crippen molar-refractivity contribution in [1.29, 1.82) is 0 Å². The van der Waals surface area contributed by atoms with Crippen molar-refractivity contribution in [1.82, 2.24) is 0 Å². The van der Waals surface area contributed by atoms with Crippen molar-refractivity contribution in [2.75, 3.05) is 4.90 Å². The van der Waals surface area contributed by atoms with Gasteiger partial charge >= 0.3 is 0 Å². The van der Waals surface area contributed by atoms with Gasteiger partial charge in [0.05, 0.1) is 5.69 Å². The first-order chi connectivity index (χ1) is 31.3. The van der Waals surface area contributed by atoms with Gasteiger partial charge in [-0.2, -0.15) is 0 Å². The number of hydrogen-bond acceptors (Lipinski definition) is 3. The molecule has 0 amide bonds. The Labute approximate surface area is 370 Å². The lowest BCUT2D eigenvalue weighted by Gasteiger charge is -2.29. The molecule has 0 radical (unpaired) electrons. The number of rotatable bonds is 8. The van der Waals surface area contributed by atoms with Gasteiger partial charge in [0.2, 0.25) is 0 Å². The van der Waals surface area contributed by atoms with Crippen molar-refractivity contribution < 1.29 is 4.42 Å². The Morgan fingerprint density at radius 2 is 0.857 bits per heavy atom. The van der Waals surface area contributed by atoms with Crippen molar-refractivity contribution in [2.45, 2.75) is 0 Å². The Morgan fingerprint density at radius 3 is 1.67 bits per heavy atom. The van der Waals surface area contributed by atoms with Crippen LogP contribution >= 0.6 is 11.3 Å². The number of fused-ring (bicyclic) bond motifs is 6. The normalized spacial score (nSPS) is 11.5. The summed E-state index contributed by atoms with van der Waals surface area (Å²) in [7, 11) is 0. The maximum atomic E-state index is 6.57. The quantitative estimate of drug-likeness (QED) is 0.152. The fraction of sp³-hybridized carbons (Fsp3) is 0. The topological polar surface area (TPSA) is 16.4 Å². The van der Waals surface area contributed by atoms with E-state index in [0.29, 0.717) is 0 Å². The van der Waals surface area contributed by atoms with E-state index < -0.39 is 0 Å². The Kier molecular flexibility index (Phi) is 9.06. The first-order valence-electron chi connectivity index (χ1n) is 21.4. The van der Waals surface area contributed by atoms with Crippen LogP contribution < -0.4 is 4.90 Å². The number of thiophene rings is 1. The van der Waals surface area contributed by atoms with E-state index in [0.717, 1.165) is 61.3 Å². The Balaban J connectivity index is 1.04. The molecular weight excluding hydrogens is 783 g/mol. The van der Waals surface area contributed by atoms with Crippen molar-refractivity contribution in [3.8, 4) is 55.6 Å². The smallest absolute Gasteiger partial charge is 0.143 e. The van der Waals surface area contributed by atoms with Crippen LogP contribution in [0.3, 0.4) is 0 Å². The van der Waals surface area contributed by atoms with E-state index in [-0.39, 0.29) is 0 Å². The number of nitrogens with zero attached hydrogens (tertiary/aromatic N) is 1. The van der Waals surface area contributed by atoms with E-state index in [9.17, 15) is 0 Å². The van der Waals surface area contributed by atoms with Crippen LogP contribution in [0.2, 0.25) is 0 Å². The van der Waals surface area contributed by atoms with Crippen molar-refractivity contribution in [3.63, 3.8) is 0 Å². The van der Waals surface area contributed by atoms with Gasteiger partial charge in [-0.05, 0) is 87.0 Å². The third-order valence-corrected chi connectivity index (χ3v) is 13.5. The fourth-order valence-corrected chi connectivity index (χ4v) is 10.7. The molecule has 0 aliphatic rings. The van der Waals surface area contributed by atoms with E-state index in [4.69, 9.17) is 4.42 Å². The monoisotopic (exact) mass is 821 g/mol. The Bertz CT molecular complexity index is 3630. The number of furan rings is 1. The SMILES string of the molecule is c1ccc(-c2ccccc2-c2ccccc2-c2ccccc2N(c2ccc(-c3cccc4c3sc3ccccc34)cc2)c2cccc(-c3cccc4c3oc3ccccc34)c2)cc1. The lowest BCUT2D eigenvalue weighted by atomic mass is 9.88. The van der Waals surface area contributed by atoms with Gasteiger partial charge in [0.1, 0.15) is 11.2 Å². The predicted octanol–water partition coefficient (Wildman–Crippen LogP) is 17.8. The molecule has 2 heterocycles. The summed E-state index contributed by atoms with van der Waals surface area (Å²) in [5, 5.41) is 4.85. The summed E-state index contributed by atoms with van der Waals surface area (Å²) >= 11 is 1.87. The van der Waals surface area contributed by atoms with Crippen molar-refractivity contribution >= 4 is 70.5 Å². The largest absolute Gasteiger partial charge is 0.455 e. The lowest BCUT2D eigenvalue weighted by molar-refractivity contribution is 0.670. The van der Waals surface area contributed by atoms with Crippen molar-refractivity contribution in [3.05, 3.63) is 237 Å². The number of anilines is 3. The van der Waals surface area contributed by atoms with Gasteiger partial charge in [-0.1, -0.05) is 194 Å². The van der Waals surface area contributed by atoms with E-state index in [1.165, 1.54) is 53.6 Å². The molecule has 0 bridgehead atoms. The highest BCUT2D eigenvalue weighted by Crippen LogP contribution is 2.47. The van der Waals surface area contributed by atoms with Crippen molar-refractivity contribution in [2.24, 2.45) is 0 Å². The highest BCUT2D eigenvalue weighted by molar-refractivity contribution is 7.26. The number of benzene rings is 10. The zero-order valence-electron chi connectivity index (χ0n) is 34.3. The maximum Gasteiger partial charge on any atom is 0.143 e.